The molecule has 0 aromatic heterocycles. The molecule has 0 saturated carbocycles. The van der Waals surface area contributed by atoms with Gasteiger partial charge < -0.3 is 19.5 Å². The lowest BCUT2D eigenvalue weighted by molar-refractivity contribution is 0.0608. The second-order valence-corrected chi connectivity index (χ2v) is 5.75. The van der Waals surface area contributed by atoms with Crippen molar-refractivity contribution in [2.75, 3.05) is 33.4 Å². The molecule has 1 heterocycles. The normalized spacial score (nSPS) is 17.0. The number of benzene rings is 1. The average Bonchev–Trinajstić information content (AvgIpc) is 2.53. The number of β-amino-alcohol motifs (C(OH)–C–C–N with tert-alkyl or cyclic N) is 1. The number of methoxy groups -OCH3 is 1. The number of Topliss-reactive ketones (excluding diaryl/α,β-unsaturated/α-hetero) is 1. The zero-order valence-electron chi connectivity index (χ0n) is 13.4. The number of nitrogens with zero attached hydrogens (tertiary/aromatic N) is 1. The highest BCUT2D eigenvalue weighted by molar-refractivity contribution is 5.94. The van der Waals surface area contributed by atoms with Gasteiger partial charge in [0.25, 0.3) is 0 Å². The molecule has 0 aliphatic carbocycles. The van der Waals surface area contributed by atoms with E-state index in [4.69, 9.17) is 9.47 Å². The van der Waals surface area contributed by atoms with Gasteiger partial charge >= 0.3 is 0 Å². The van der Waals surface area contributed by atoms with E-state index in [1.54, 1.807) is 18.2 Å². The SMILES string of the molecule is COc1cc(C(C)=O)ccc1OC[C@@H](O)CN1CCCCC1. The molecule has 1 aliphatic rings. The minimum atomic E-state index is -0.532. The van der Waals surface area contributed by atoms with Crippen molar-refractivity contribution >= 4 is 5.78 Å². The Bertz CT molecular complexity index is 497. The van der Waals surface area contributed by atoms with Gasteiger partial charge in [0.15, 0.2) is 17.3 Å². The van der Waals surface area contributed by atoms with Gasteiger partial charge in [0.2, 0.25) is 0 Å². The first-order valence-corrected chi connectivity index (χ1v) is 7.82. The highest BCUT2D eigenvalue weighted by Crippen LogP contribution is 2.28. The second kappa shape index (κ2) is 8.15. The second-order valence-electron chi connectivity index (χ2n) is 5.75. The fourth-order valence-corrected chi connectivity index (χ4v) is 2.68. The number of likely N-dealkylation sites (tertiary alicyclic amines) is 1. The number of rotatable bonds is 7. The topological polar surface area (TPSA) is 59.0 Å². The van der Waals surface area contributed by atoms with Crippen molar-refractivity contribution in [3.8, 4) is 11.5 Å². The molecule has 0 bridgehead atoms. The third-order valence-electron chi connectivity index (χ3n) is 3.92. The van der Waals surface area contributed by atoms with Gasteiger partial charge in [-0.1, -0.05) is 6.42 Å². The number of hydrogen-bond donors (Lipinski definition) is 1. The molecular formula is C17H25NO4. The van der Waals surface area contributed by atoms with E-state index >= 15 is 0 Å². The summed E-state index contributed by atoms with van der Waals surface area (Å²) < 4.78 is 10.9. The lowest BCUT2D eigenvalue weighted by atomic mass is 10.1. The summed E-state index contributed by atoms with van der Waals surface area (Å²) in [5, 5.41) is 10.1. The molecule has 0 radical (unpaired) electrons. The van der Waals surface area contributed by atoms with Crippen LogP contribution >= 0.6 is 0 Å². The number of ketones is 1. The molecule has 1 atom stereocenters. The van der Waals surface area contributed by atoms with Crippen LogP contribution in [0.5, 0.6) is 11.5 Å². The van der Waals surface area contributed by atoms with E-state index in [2.05, 4.69) is 4.90 Å². The van der Waals surface area contributed by atoms with Crippen LogP contribution in [0.2, 0.25) is 0 Å². The summed E-state index contributed by atoms with van der Waals surface area (Å²) in [6, 6.07) is 5.08. The van der Waals surface area contributed by atoms with Crippen molar-refractivity contribution in [2.24, 2.45) is 0 Å². The lowest BCUT2D eigenvalue weighted by Crippen LogP contribution is -2.38. The smallest absolute Gasteiger partial charge is 0.161 e. The van der Waals surface area contributed by atoms with Gasteiger partial charge in [0.1, 0.15) is 12.7 Å². The molecule has 5 heteroatoms. The summed E-state index contributed by atoms with van der Waals surface area (Å²) in [6.07, 6.45) is 3.15. The van der Waals surface area contributed by atoms with Gasteiger partial charge in [0.05, 0.1) is 7.11 Å². The monoisotopic (exact) mass is 307 g/mol. The van der Waals surface area contributed by atoms with Gasteiger partial charge in [-0.05, 0) is 51.1 Å². The minimum Gasteiger partial charge on any atom is -0.493 e. The number of carbonyl (C=O) groups excluding carboxylic acids is 1. The quantitative estimate of drug-likeness (QED) is 0.782. The number of ether oxygens (including phenoxy) is 2. The highest BCUT2D eigenvalue weighted by atomic mass is 16.5. The van der Waals surface area contributed by atoms with E-state index in [0.29, 0.717) is 23.6 Å². The molecule has 1 N–H and O–H groups in total. The number of aliphatic hydroxyl groups is 1. The Morgan fingerprint density at radius 3 is 2.64 bits per heavy atom. The van der Waals surface area contributed by atoms with Crippen LogP contribution in [-0.4, -0.2) is 55.2 Å². The van der Waals surface area contributed by atoms with E-state index in [0.717, 1.165) is 13.1 Å². The molecule has 0 spiro atoms. The van der Waals surface area contributed by atoms with E-state index < -0.39 is 6.10 Å². The zero-order valence-corrected chi connectivity index (χ0v) is 13.4. The molecule has 1 aromatic rings. The van der Waals surface area contributed by atoms with E-state index in [1.165, 1.54) is 33.3 Å². The van der Waals surface area contributed by atoms with Crippen molar-refractivity contribution in [2.45, 2.75) is 32.3 Å². The van der Waals surface area contributed by atoms with Crippen molar-refractivity contribution in [3.05, 3.63) is 23.8 Å². The van der Waals surface area contributed by atoms with Crippen molar-refractivity contribution < 1.29 is 19.4 Å². The number of aliphatic hydroxyl groups excluding tert-OH is 1. The summed E-state index contributed by atoms with van der Waals surface area (Å²) in [4.78, 5) is 13.6. The Labute approximate surface area is 131 Å². The predicted molar refractivity (Wildman–Crippen MR) is 84.8 cm³/mol. The molecule has 122 valence electrons. The molecule has 2 rings (SSSR count). The Hall–Kier alpha value is -1.59. The Balaban J connectivity index is 1.88. The van der Waals surface area contributed by atoms with Crippen LogP contribution in [0.4, 0.5) is 0 Å². The van der Waals surface area contributed by atoms with E-state index in [1.807, 2.05) is 0 Å². The lowest BCUT2D eigenvalue weighted by Gasteiger charge is -2.28. The maximum atomic E-state index is 11.4. The maximum Gasteiger partial charge on any atom is 0.161 e. The standard InChI is InChI=1S/C17H25NO4/c1-13(19)14-6-7-16(17(10-14)21-2)22-12-15(20)11-18-8-4-3-5-9-18/h6-7,10,15,20H,3-5,8-9,11-12H2,1-2H3/t15-/m0/s1. The van der Waals surface area contributed by atoms with E-state index in [9.17, 15) is 9.90 Å². The Morgan fingerprint density at radius 2 is 2.00 bits per heavy atom. The van der Waals surface area contributed by atoms with Crippen LogP contribution in [0.3, 0.4) is 0 Å². The summed E-state index contributed by atoms with van der Waals surface area (Å²) in [5.41, 5.74) is 0.582. The van der Waals surface area contributed by atoms with Gasteiger partial charge in [-0.25, -0.2) is 0 Å². The molecule has 1 aromatic carbocycles. The Morgan fingerprint density at radius 1 is 1.27 bits per heavy atom. The summed E-state index contributed by atoms with van der Waals surface area (Å²) in [7, 11) is 1.54. The van der Waals surface area contributed by atoms with Gasteiger partial charge in [-0.2, -0.15) is 0 Å². The van der Waals surface area contributed by atoms with E-state index in [-0.39, 0.29) is 12.4 Å². The summed E-state index contributed by atoms with van der Waals surface area (Å²) in [5.74, 6) is 1.04. The van der Waals surface area contributed by atoms with Crippen LogP contribution < -0.4 is 9.47 Å². The number of piperidine rings is 1. The molecule has 22 heavy (non-hydrogen) atoms. The Kier molecular flexibility index (Phi) is 6.21. The minimum absolute atomic E-state index is 0.0185. The maximum absolute atomic E-state index is 11.4. The van der Waals surface area contributed by atoms with Gasteiger partial charge in [-0.15, -0.1) is 0 Å². The van der Waals surface area contributed by atoms with Gasteiger partial charge in [0, 0.05) is 12.1 Å². The fraction of sp³-hybridized carbons (Fsp3) is 0.588. The van der Waals surface area contributed by atoms with Gasteiger partial charge in [-0.3, -0.25) is 4.79 Å². The first-order chi connectivity index (χ1) is 10.6. The van der Waals surface area contributed by atoms with Crippen LogP contribution in [0, 0.1) is 0 Å². The molecule has 1 aliphatic heterocycles. The average molecular weight is 307 g/mol. The molecular weight excluding hydrogens is 282 g/mol. The molecule has 0 amide bonds. The van der Waals surface area contributed by atoms with Crippen LogP contribution in [0.25, 0.3) is 0 Å². The summed E-state index contributed by atoms with van der Waals surface area (Å²) in [6.45, 7) is 4.46. The third kappa shape index (κ3) is 4.71. The van der Waals surface area contributed by atoms with Crippen molar-refractivity contribution in [1.82, 2.24) is 4.90 Å². The summed E-state index contributed by atoms with van der Waals surface area (Å²) >= 11 is 0. The highest BCUT2D eigenvalue weighted by Gasteiger charge is 2.16. The number of hydrogen-bond acceptors (Lipinski definition) is 5. The molecule has 0 unspecified atom stereocenters. The predicted octanol–water partition coefficient (Wildman–Crippen LogP) is 2.12. The number of carbonyl (C=O) groups is 1. The van der Waals surface area contributed by atoms with Crippen LogP contribution in [0.1, 0.15) is 36.5 Å². The fourth-order valence-electron chi connectivity index (χ4n) is 2.68. The van der Waals surface area contributed by atoms with Crippen LogP contribution in [0.15, 0.2) is 18.2 Å². The molecule has 1 fully saturated rings. The van der Waals surface area contributed by atoms with Crippen molar-refractivity contribution in [1.29, 1.82) is 0 Å². The largest absolute Gasteiger partial charge is 0.493 e. The zero-order chi connectivity index (χ0) is 15.9. The third-order valence-corrected chi connectivity index (χ3v) is 3.92. The van der Waals surface area contributed by atoms with Crippen LogP contribution in [-0.2, 0) is 0 Å². The van der Waals surface area contributed by atoms with Crippen molar-refractivity contribution in [3.63, 3.8) is 0 Å². The first-order valence-electron chi connectivity index (χ1n) is 7.82. The molecule has 5 nitrogen and oxygen atoms in total. The first kappa shape index (κ1) is 16.8. The molecule has 1 saturated heterocycles.